The van der Waals surface area contributed by atoms with Crippen LogP contribution < -0.4 is 10.2 Å². The summed E-state index contributed by atoms with van der Waals surface area (Å²) in [4.78, 5) is 19.6. The minimum absolute atomic E-state index is 0.237. The van der Waals surface area contributed by atoms with Crippen molar-refractivity contribution in [3.63, 3.8) is 0 Å². The summed E-state index contributed by atoms with van der Waals surface area (Å²) >= 11 is 1.38. The Balaban J connectivity index is 1.61. The molecule has 1 aliphatic heterocycles. The minimum Gasteiger partial charge on any atom is -0.366 e. The first-order valence-corrected chi connectivity index (χ1v) is 8.06. The number of aromatic nitrogens is 1. The van der Waals surface area contributed by atoms with E-state index >= 15 is 0 Å². The molecule has 0 saturated carbocycles. The summed E-state index contributed by atoms with van der Waals surface area (Å²) in [5.41, 5.74) is 0.629. The molecule has 0 aliphatic carbocycles. The lowest BCUT2D eigenvalue weighted by molar-refractivity contribution is 0.208. The zero-order chi connectivity index (χ0) is 17.1. The number of hydrogen-bond acceptors (Lipinski definition) is 5. The maximum absolute atomic E-state index is 13.6. The Labute approximate surface area is 140 Å². The molecule has 24 heavy (non-hydrogen) atoms. The summed E-state index contributed by atoms with van der Waals surface area (Å²) in [5.74, 6) is -2.43. The maximum Gasteiger partial charge on any atom is 0.322 e. The van der Waals surface area contributed by atoms with Crippen LogP contribution in [0.3, 0.4) is 0 Å². The fourth-order valence-electron chi connectivity index (χ4n) is 2.49. The summed E-state index contributed by atoms with van der Waals surface area (Å²) in [6.07, 6.45) is 1.09. The average molecular weight is 349 g/mol. The van der Waals surface area contributed by atoms with Crippen molar-refractivity contribution in [2.75, 3.05) is 36.4 Å². The predicted octanol–water partition coefficient (Wildman–Crippen LogP) is 2.65. The lowest BCUT2D eigenvalue weighted by Crippen LogP contribution is -2.50. The Bertz CT molecular complexity index is 795. The molecule has 0 radical (unpaired) electrons. The van der Waals surface area contributed by atoms with Gasteiger partial charge in [-0.15, -0.1) is 11.3 Å². The second-order valence-corrected chi connectivity index (χ2v) is 6.03. The second-order valence-electron chi connectivity index (χ2n) is 5.11. The van der Waals surface area contributed by atoms with Crippen molar-refractivity contribution in [2.45, 2.75) is 0 Å². The van der Waals surface area contributed by atoms with Gasteiger partial charge in [0.25, 0.3) is 5.95 Å². The van der Waals surface area contributed by atoms with E-state index in [1.165, 1.54) is 22.3 Å². The highest BCUT2D eigenvalue weighted by atomic mass is 32.1. The van der Waals surface area contributed by atoms with Crippen LogP contribution in [-0.2, 0) is 0 Å². The third kappa shape index (κ3) is 3.14. The summed E-state index contributed by atoms with van der Waals surface area (Å²) < 4.78 is 26.6. The largest absolute Gasteiger partial charge is 0.366 e. The third-order valence-corrected chi connectivity index (χ3v) is 4.55. The highest BCUT2D eigenvalue weighted by Gasteiger charge is 2.24. The van der Waals surface area contributed by atoms with Gasteiger partial charge in [-0.3, -0.25) is 0 Å². The van der Waals surface area contributed by atoms with Crippen LogP contribution in [0.1, 0.15) is 4.88 Å². The highest BCUT2D eigenvalue weighted by molar-refractivity contribution is 7.11. The van der Waals surface area contributed by atoms with Gasteiger partial charge in [-0.05, 0) is 17.5 Å². The van der Waals surface area contributed by atoms with Crippen LogP contribution in [-0.4, -0.2) is 42.1 Å². The smallest absolute Gasteiger partial charge is 0.322 e. The van der Waals surface area contributed by atoms with E-state index in [1.807, 2.05) is 16.3 Å². The van der Waals surface area contributed by atoms with Crippen LogP contribution in [0, 0.1) is 23.1 Å². The molecule has 0 bridgehead atoms. The molecule has 1 fully saturated rings. The summed E-state index contributed by atoms with van der Waals surface area (Å²) in [5, 5.41) is 13.3. The number of piperazine rings is 1. The van der Waals surface area contributed by atoms with Crippen LogP contribution in [0.25, 0.3) is 0 Å². The molecule has 0 aromatic carbocycles. The lowest BCUT2D eigenvalue weighted by atomic mass is 10.2. The second kappa shape index (κ2) is 6.80. The molecule has 1 N–H and O–H groups in total. The van der Waals surface area contributed by atoms with Gasteiger partial charge in [-0.25, -0.2) is 9.78 Å². The number of urea groups is 1. The van der Waals surface area contributed by atoms with Gasteiger partial charge in [0.05, 0.1) is 11.4 Å². The van der Waals surface area contributed by atoms with Gasteiger partial charge in [0.1, 0.15) is 10.9 Å². The normalized spacial score (nSPS) is 14.4. The van der Waals surface area contributed by atoms with E-state index in [2.05, 4.69) is 16.4 Å². The van der Waals surface area contributed by atoms with Crippen LogP contribution in [0.2, 0.25) is 0 Å². The Kier molecular flexibility index (Phi) is 4.57. The number of thiophene rings is 1. The molecule has 3 heterocycles. The molecule has 3 rings (SSSR count). The van der Waals surface area contributed by atoms with Gasteiger partial charge < -0.3 is 15.1 Å². The Morgan fingerprint density at radius 2 is 2.04 bits per heavy atom. The number of nitrogens with one attached hydrogen (secondary N) is 1. The van der Waals surface area contributed by atoms with Crippen molar-refractivity contribution in [2.24, 2.45) is 0 Å². The van der Waals surface area contributed by atoms with Crippen LogP contribution >= 0.6 is 11.3 Å². The molecule has 2 amide bonds. The maximum atomic E-state index is 13.6. The SMILES string of the molecule is N#Cc1sccc1N1CCN(C(=O)Nc2ccnc(F)c2F)CC1. The first kappa shape index (κ1) is 16.1. The van der Waals surface area contributed by atoms with E-state index < -0.39 is 17.8 Å². The van der Waals surface area contributed by atoms with Crippen molar-refractivity contribution in [1.82, 2.24) is 9.88 Å². The molecule has 1 saturated heterocycles. The molecule has 124 valence electrons. The molecule has 2 aromatic heterocycles. The predicted molar refractivity (Wildman–Crippen MR) is 86.0 cm³/mol. The minimum atomic E-state index is -1.25. The van der Waals surface area contributed by atoms with Gasteiger partial charge in [-0.1, -0.05) is 0 Å². The molecule has 1 aliphatic rings. The van der Waals surface area contributed by atoms with Crippen LogP contribution in [0.4, 0.5) is 25.0 Å². The monoisotopic (exact) mass is 349 g/mol. The zero-order valence-corrected chi connectivity index (χ0v) is 13.3. The van der Waals surface area contributed by atoms with Crippen molar-refractivity contribution >= 4 is 28.7 Å². The van der Waals surface area contributed by atoms with E-state index in [0.29, 0.717) is 31.1 Å². The number of rotatable bonds is 2. The van der Waals surface area contributed by atoms with E-state index in [1.54, 1.807) is 0 Å². The molecular formula is C15H13F2N5OS. The number of pyridine rings is 1. The van der Waals surface area contributed by atoms with E-state index in [4.69, 9.17) is 5.26 Å². The molecule has 0 spiro atoms. The van der Waals surface area contributed by atoms with Gasteiger partial charge in [-0.2, -0.15) is 14.0 Å². The molecule has 0 unspecified atom stereocenters. The van der Waals surface area contributed by atoms with Crippen LogP contribution in [0.5, 0.6) is 0 Å². The number of anilines is 2. The fraction of sp³-hybridized carbons (Fsp3) is 0.267. The number of halogens is 2. The topological polar surface area (TPSA) is 72.3 Å². The Hall–Kier alpha value is -2.73. The molecule has 9 heteroatoms. The summed E-state index contributed by atoms with van der Waals surface area (Å²) in [6.45, 7) is 1.96. The summed E-state index contributed by atoms with van der Waals surface area (Å²) in [7, 11) is 0. The number of nitrogens with zero attached hydrogens (tertiary/aromatic N) is 4. The van der Waals surface area contributed by atoms with Crippen molar-refractivity contribution in [1.29, 1.82) is 5.26 Å². The summed E-state index contributed by atoms with van der Waals surface area (Å²) in [6, 6.07) is 4.74. The number of amides is 2. The van der Waals surface area contributed by atoms with Gasteiger partial charge in [0.15, 0.2) is 0 Å². The molecular weight excluding hydrogens is 336 g/mol. The zero-order valence-electron chi connectivity index (χ0n) is 12.5. The van der Waals surface area contributed by atoms with Crippen LogP contribution in [0.15, 0.2) is 23.7 Å². The van der Waals surface area contributed by atoms with Gasteiger partial charge in [0.2, 0.25) is 5.82 Å². The Morgan fingerprint density at radius 3 is 2.75 bits per heavy atom. The van der Waals surface area contributed by atoms with Crippen molar-refractivity contribution in [3.05, 3.63) is 40.4 Å². The van der Waals surface area contributed by atoms with E-state index in [-0.39, 0.29) is 5.69 Å². The van der Waals surface area contributed by atoms with E-state index in [0.717, 1.165) is 11.9 Å². The highest BCUT2D eigenvalue weighted by Crippen LogP contribution is 2.26. The number of carbonyl (C=O) groups excluding carboxylic acids is 1. The van der Waals surface area contributed by atoms with Crippen molar-refractivity contribution < 1.29 is 13.6 Å². The third-order valence-electron chi connectivity index (χ3n) is 3.74. The van der Waals surface area contributed by atoms with Gasteiger partial charge >= 0.3 is 6.03 Å². The van der Waals surface area contributed by atoms with Gasteiger partial charge in [0, 0.05) is 32.4 Å². The average Bonchev–Trinajstić information content (AvgIpc) is 3.08. The molecule has 0 atom stereocenters. The fourth-order valence-corrected chi connectivity index (χ4v) is 3.20. The Morgan fingerprint density at radius 1 is 1.29 bits per heavy atom. The molecule has 6 nitrogen and oxygen atoms in total. The number of hydrogen-bond donors (Lipinski definition) is 1. The first-order chi connectivity index (χ1) is 11.6. The number of carbonyl (C=O) groups is 1. The lowest BCUT2D eigenvalue weighted by Gasteiger charge is -2.35. The number of nitriles is 1. The van der Waals surface area contributed by atoms with E-state index in [9.17, 15) is 13.6 Å². The quantitative estimate of drug-likeness (QED) is 0.846. The first-order valence-electron chi connectivity index (χ1n) is 7.18. The van der Waals surface area contributed by atoms with Crippen molar-refractivity contribution in [3.8, 4) is 6.07 Å². The molecule has 2 aromatic rings. The standard InChI is InChI=1S/C15H13F2N5OS/c16-13-10(1-3-19-14(13)17)20-15(23)22-6-4-21(5-7-22)11-2-8-24-12(11)9-18/h1-3,8H,4-7H2,(H,19,20,23).